The smallest absolute Gasteiger partial charge is 0.167 e. The van der Waals surface area contributed by atoms with E-state index in [1.165, 1.54) is 7.11 Å². The van der Waals surface area contributed by atoms with E-state index in [0.717, 1.165) is 5.57 Å². The molecule has 2 N–H and O–H groups in total. The van der Waals surface area contributed by atoms with Crippen LogP contribution in [0.2, 0.25) is 0 Å². The first-order valence-electron chi connectivity index (χ1n) is 5.39. The summed E-state index contributed by atoms with van der Waals surface area (Å²) in [4.78, 5) is 0. The molecule has 0 fully saturated rings. The van der Waals surface area contributed by atoms with Crippen LogP contribution in [0, 0.1) is 13.8 Å². The summed E-state index contributed by atoms with van der Waals surface area (Å²) in [5, 5.41) is 20.0. The molecule has 0 saturated heterocycles. The Morgan fingerprint density at radius 2 is 1.71 bits per heavy atom. The average Bonchev–Trinajstić information content (AvgIpc) is 2.27. The normalized spacial score (nSPS) is 9.71. The molecule has 0 radical (unpaired) electrons. The van der Waals surface area contributed by atoms with E-state index in [9.17, 15) is 10.2 Å². The third-order valence-electron chi connectivity index (χ3n) is 2.63. The predicted octanol–water partition coefficient (Wildman–Crippen LogP) is 3.30. The Labute approximate surface area is 102 Å². The van der Waals surface area contributed by atoms with Crippen LogP contribution in [0.25, 0.3) is 6.08 Å². The van der Waals surface area contributed by atoms with Crippen molar-refractivity contribution >= 4 is 6.08 Å². The molecule has 0 spiro atoms. The maximum Gasteiger partial charge on any atom is 0.167 e. The lowest BCUT2D eigenvalue weighted by atomic mass is 10.0. The lowest BCUT2D eigenvalue weighted by Crippen LogP contribution is -1.94. The van der Waals surface area contributed by atoms with Gasteiger partial charge in [-0.1, -0.05) is 0 Å². The van der Waals surface area contributed by atoms with Crippen LogP contribution in [0.1, 0.15) is 30.5 Å². The van der Waals surface area contributed by atoms with Gasteiger partial charge in [0, 0.05) is 16.7 Å². The fourth-order valence-corrected chi connectivity index (χ4v) is 1.61. The van der Waals surface area contributed by atoms with Gasteiger partial charge in [-0.2, -0.15) is 0 Å². The number of phenolic OH excluding ortho intramolecular Hbond substituents is 2. The van der Waals surface area contributed by atoms with Gasteiger partial charge in [-0.3, -0.25) is 0 Å². The first-order valence-corrected chi connectivity index (χ1v) is 5.39. The molecule has 0 bridgehead atoms. The Bertz CT molecular complexity index is 474. The van der Waals surface area contributed by atoms with Crippen LogP contribution in [0.3, 0.4) is 0 Å². The molecule has 0 aliphatic heterocycles. The molecule has 0 heterocycles. The highest BCUT2D eigenvalue weighted by atomic mass is 16.5. The number of allylic oxidation sites excluding steroid dienone is 1. The van der Waals surface area contributed by atoms with Gasteiger partial charge in [-0.05, 0) is 39.3 Å². The van der Waals surface area contributed by atoms with Crippen LogP contribution in [-0.2, 0) is 0 Å². The first-order chi connectivity index (χ1) is 7.90. The van der Waals surface area contributed by atoms with Crippen molar-refractivity contribution in [2.24, 2.45) is 0 Å². The van der Waals surface area contributed by atoms with Crippen molar-refractivity contribution in [1.29, 1.82) is 0 Å². The second-order valence-electron chi connectivity index (χ2n) is 4.18. The second-order valence-corrected chi connectivity index (χ2v) is 4.18. The highest BCUT2D eigenvalue weighted by molar-refractivity contribution is 5.70. The molecule has 0 unspecified atom stereocenters. The highest BCUT2D eigenvalue weighted by Gasteiger charge is 2.17. The predicted molar refractivity (Wildman–Crippen MR) is 68.6 cm³/mol. The van der Waals surface area contributed by atoms with Gasteiger partial charge in [0.1, 0.15) is 5.75 Å². The Morgan fingerprint density at radius 3 is 2.18 bits per heavy atom. The van der Waals surface area contributed by atoms with Crippen molar-refractivity contribution < 1.29 is 14.9 Å². The number of benzene rings is 1. The summed E-state index contributed by atoms with van der Waals surface area (Å²) in [5.74, 6) is 0.491. The SMILES string of the molecule is COc1c(C)c(O)c(C=C=C(C)C)c(C)c1O. The number of ether oxygens (including phenoxy) is 1. The van der Waals surface area contributed by atoms with Gasteiger partial charge >= 0.3 is 0 Å². The van der Waals surface area contributed by atoms with E-state index in [0.29, 0.717) is 22.4 Å². The largest absolute Gasteiger partial charge is 0.507 e. The summed E-state index contributed by atoms with van der Waals surface area (Å²) in [6.07, 6.45) is 1.67. The van der Waals surface area contributed by atoms with Gasteiger partial charge in [0.2, 0.25) is 0 Å². The molecule has 92 valence electrons. The van der Waals surface area contributed by atoms with E-state index in [4.69, 9.17) is 4.74 Å². The quantitative estimate of drug-likeness (QED) is 0.609. The lowest BCUT2D eigenvalue weighted by molar-refractivity contribution is 0.362. The molecule has 0 amide bonds. The minimum absolute atomic E-state index is 0.0598. The fraction of sp³-hybridized carbons (Fsp3) is 0.357. The molecule has 1 aromatic carbocycles. The van der Waals surface area contributed by atoms with E-state index in [1.54, 1.807) is 19.9 Å². The zero-order valence-electron chi connectivity index (χ0n) is 10.9. The lowest BCUT2D eigenvalue weighted by Gasteiger charge is -2.14. The molecular formula is C14H18O3. The van der Waals surface area contributed by atoms with E-state index in [1.807, 2.05) is 13.8 Å². The zero-order valence-corrected chi connectivity index (χ0v) is 10.9. The van der Waals surface area contributed by atoms with E-state index in [-0.39, 0.29) is 11.5 Å². The Kier molecular flexibility index (Phi) is 3.87. The molecule has 0 saturated carbocycles. The third kappa shape index (κ3) is 2.45. The summed E-state index contributed by atoms with van der Waals surface area (Å²) < 4.78 is 5.07. The van der Waals surface area contributed by atoms with Crippen molar-refractivity contribution in [3.63, 3.8) is 0 Å². The van der Waals surface area contributed by atoms with E-state index < -0.39 is 0 Å². The van der Waals surface area contributed by atoms with Gasteiger partial charge in [0.15, 0.2) is 11.5 Å². The van der Waals surface area contributed by atoms with Crippen LogP contribution >= 0.6 is 0 Å². The minimum atomic E-state index is 0.0598. The molecule has 1 aromatic rings. The summed E-state index contributed by atoms with van der Waals surface area (Å²) in [7, 11) is 1.46. The van der Waals surface area contributed by atoms with Crippen molar-refractivity contribution in [3.05, 3.63) is 28.0 Å². The molecule has 0 aliphatic rings. The molecule has 0 aliphatic carbocycles. The van der Waals surface area contributed by atoms with Gasteiger partial charge < -0.3 is 14.9 Å². The topological polar surface area (TPSA) is 49.7 Å². The minimum Gasteiger partial charge on any atom is -0.507 e. The van der Waals surface area contributed by atoms with Crippen molar-refractivity contribution in [1.82, 2.24) is 0 Å². The average molecular weight is 234 g/mol. The number of aromatic hydroxyl groups is 2. The van der Waals surface area contributed by atoms with Crippen LogP contribution in [0.5, 0.6) is 17.2 Å². The Hall–Kier alpha value is -1.86. The number of rotatable bonds is 2. The molecular weight excluding hydrogens is 216 g/mol. The van der Waals surface area contributed by atoms with Gasteiger partial charge in [0.05, 0.1) is 7.11 Å². The summed E-state index contributed by atoms with van der Waals surface area (Å²) >= 11 is 0. The van der Waals surface area contributed by atoms with E-state index >= 15 is 0 Å². The zero-order chi connectivity index (χ0) is 13.2. The summed E-state index contributed by atoms with van der Waals surface area (Å²) in [6.45, 7) is 7.26. The number of phenols is 2. The summed E-state index contributed by atoms with van der Waals surface area (Å²) in [6, 6.07) is 0. The van der Waals surface area contributed by atoms with Crippen LogP contribution < -0.4 is 4.74 Å². The molecule has 1 rings (SSSR count). The monoisotopic (exact) mass is 234 g/mol. The van der Waals surface area contributed by atoms with E-state index in [2.05, 4.69) is 5.73 Å². The highest BCUT2D eigenvalue weighted by Crippen LogP contribution is 2.42. The Balaban J connectivity index is 3.59. The van der Waals surface area contributed by atoms with Gasteiger partial charge in [-0.25, -0.2) is 0 Å². The van der Waals surface area contributed by atoms with Crippen LogP contribution in [0.4, 0.5) is 0 Å². The molecule has 3 nitrogen and oxygen atoms in total. The molecule has 0 aromatic heterocycles. The molecule has 17 heavy (non-hydrogen) atoms. The molecule has 3 heteroatoms. The number of hydrogen-bond acceptors (Lipinski definition) is 3. The van der Waals surface area contributed by atoms with Gasteiger partial charge in [-0.15, -0.1) is 5.73 Å². The third-order valence-corrected chi connectivity index (χ3v) is 2.63. The second kappa shape index (κ2) is 4.98. The maximum atomic E-state index is 10.1. The van der Waals surface area contributed by atoms with Crippen LogP contribution in [-0.4, -0.2) is 17.3 Å². The summed E-state index contributed by atoms with van der Waals surface area (Å²) in [5.41, 5.74) is 5.69. The fourth-order valence-electron chi connectivity index (χ4n) is 1.61. The number of hydrogen-bond donors (Lipinski definition) is 2. The van der Waals surface area contributed by atoms with Gasteiger partial charge in [0.25, 0.3) is 0 Å². The standard InChI is InChI=1S/C14H18O3/c1-8(2)6-7-11-9(3)13(16)14(17-5)10(4)12(11)15/h7,15-16H,1-5H3. The first kappa shape index (κ1) is 13.2. The maximum absolute atomic E-state index is 10.1. The van der Waals surface area contributed by atoms with Crippen molar-refractivity contribution in [2.45, 2.75) is 27.7 Å². The molecule has 0 atom stereocenters. The van der Waals surface area contributed by atoms with Crippen molar-refractivity contribution in [2.75, 3.05) is 7.11 Å². The number of methoxy groups -OCH3 is 1. The van der Waals surface area contributed by atoms with Crippen molar-refractivity contribution in [3.8, 4) is 17.2 Å². The Morgan fingerprint density at radius 1 is 1.12 bits per heavy atom. The van der Waals surface area contributed by atoms with Crippen LogP contribution in [0.15, 0.2) is 11.3 Å².